The fraction of sp³-hybridized carbons (Fsp3) is 0.737. The summed E-state index contributed by atoms with van der Waals surface area (Å²) in [7, 11) is 0. The number of rotatable bonds is 5. The zero-order valence-corrected chi connectivity index (χ0v) is 15.5. The second kappa shape index (κ2) is 7.89. The lowest BCUT2D eigenvalue weighted by atomic mass is 9.96. The van der Waals surface area contributed by atoms with Gasteiger partial charge in [-0.25, -0.2) is 0 Å². The van der Waals surface area contributed by atoms with Gasteiger partial charge in [0.25, 0.3) is 5.91 Å². The van der Waals surface area contributed by atoms with Crippen molar-refractivity contribution in [3.63, 3.8) is 0 Å². The number of furan rings is 1. The quantitative estimate of drug-likeness (QED) is 0.876. The van der Waals surface area contributed by atoms with Crippen molar-refractivity contribution in [1.82, 2.24) is 9.80 Å². The van der Waals surface area contributed by atoms with E-state index in [0.717, 1.165) is 38.6 Å². The predicted molar refractivity (Wildman–Crippen MR) is 94.8 cm³/mol. The molecule has 2 aliphatic rings. The van der Waals surface area contributed by atoms with Crippen LogP contribution in [-0.2, 0) is 4.74 Å². The number of hydrogen-bond donors (Lipinski definition) is 1. The molecule has 140 valence electrons. The lowest BCUT2D eigenvalue weighted by Crippen LogP contribution is -2.41. The van der Waals surface area contributed by atoms with E-state index in [-0.39, 0.29) is 24.3 Å². The van der Waals surface area contributed by atoms with Gasteiger partial charge in [0.15, 0.2) is 0 Å². The van der Waals surface area contributed by atoms with Gasteiger partial charge in [-0.2, -0.15) is 0 Å². The maximum atomic E-state index is 13.0. The van der Waals surface area contributed by atoms with Crippen molar-refractivity contribution in [2.75, 3.05) is 52.5 Å². The van der Waals surface area contributed by atoms with Crippen LogP contribution in [0.15, 0.2) is 10.5 Å². The number of morpholine rings is 1. The molecule has 2 aliphatic heterocycles. The van der Waals surface area contributed by atoms with Crippen molar-refractivity contribution in [2.24, 2.45) is 11.8 Å². The standard InChI is InChI=1S/C19H30N2O4/c1-13(2)18-8-17(14(3)25-18)19(23)21-10-15(16(11-21)12-22)9-20-4-6-24-7-5-20/h8,13,15-16,22H,4-7,9-12H2,1-3H3/t15-,16-/m1/s1. The third-order valence-corrected chi connectivity index (χ3v) is 5.43. The van der Waals surface area contributed by atoms with Gasteiger partial charge in [0, 0.05) is 51.2 Å². The molecular formula is C19H30N2O4. The molecule has 0 bridgehead atoms. The van der Waals surface area contributed by atoms with Crippen molar-refractivity contribution in [2.45, 2.75) is 26.7 Å². The molecule has 1 N–H and O–H groups in total. The van der Waals surface area contributed by atoms with Gasteiger partial charge >= 0.3 is 0 Å². The SMILES string of the molecule is Cc1oc(C(C)C)cc1C(=O)N1C[C@@H](CN2CCOCC2)[C@@H](CO)C1. The third-order valence-electron chi connectivity index (χ3n) is 5.43. The first kappa shape index (κ1) is 18.4. The molecule has 2 saturated heterocycles. The zero-order valence-electron chi connectivity index (χ0n) is 15.5. The Hall–Kier alpha value is -1.37. The number of aliphatic hydroxyl groups excluding tert-OH is 1. The Labute approximate surface area is 149 Å². The number of amides is 1. The van der Waals surface area contributed by atoms with Crippen molar-refractivity contribution in [1.29, 1.82) is 0 Å². The first-order valence-electron chi connectivity index (χ1n) is 9.30. The fourth-order valence-electron chi connectivity index (χ4n) is 3.81. The van der Waals surface area contributed by atoms with E-state index in [0.29, 0.717) is 30.3 Å². The molecule has 0 saturated carbocycles. The summed E-state index contributed by atoms with van der Waals surface area (Å²) in [6.07, 6.45) is 0. The van der Waals surface area contributed by atoms with Crippen molar-refractivity contribution >= 4 is 5.91 Å². The van der Waals surface area contributed by atoms with Gasteiger partial charge in [-0.3, -0.25) is 9.69 Å². The minimum absolute atomic E-state index is 0.0241. The first-order valence-corrected chi connectivity index (χ1v) is 9.30. The lowest BCUT2D eigenvalue weighted by molar-refractivity contribution is 0.0264. The average molecular weight is 350 g/mol. The highest BCUT2D eigenvalue weighted by molar-refractivity contribution is 5.95. The number of hydrogen-bond acceptors (Lipinski definition) is 5. The Bertz CT molecular complexity index is 592. The number of aryl methyl sites for hydroxylation is 1. The van der Waals surface area contributed by atoms with Crippen molar-refractivity contribution in [3.8, 4) is 0 Å². The maximum Gasteiger partial charge on any atom is 0.257 e. The molecule has 0 unspecified atom stereocenters. The molecule has 0 radical (unpaired) electrons. The van der Waals surface area contributed by atoms with Crippen LogP contribution in [0.5, 0.6) is 0 Å². The van der Waals surface area contributed by atoms with Crippen LogP contribution in [0.3, 0.4) is 0 Å². The summed E-state index contributed by atoms with van der Waals surface area (Å²) in [4.78, 5) is 17.2. The lowest BCUT2D eigenvalue weighted by Gasteiger charge is -2.30. The molecule has 2 atom stereocenters. The summed E-state index contributed by atoms with van der Waals surface area (Å²) >= 11 is 0. The minimum atomic E-state index is 0.0241. The van der Waals surface area contributed by atoms with Gasteiger partial charge in [0.05, 0.1) is 18.8 Å². The minimum Gasteiger partial charge on any atom is -0.465 e. The van der Waals surface area contributed by atoms with Gasteiger partial charge in [-0.15, -0.1) is 0 Å². The van der Waals surface area contributed by atoms with Crippen LogP contribution < -0.4 is 0 Å². The smallest absolute Gasteiger partial charge is 0.257 e. The predicted octanol–water partition coefficient (Wildman–Crippen LogP) is 1.72. The largest absolute Gasteiger partial charge is 0.465 e. The van der Waals surface area contributed by atoms with E-state index < -0.39 is 0 Å². The Balaban J connectivity index is 1.67. The molecule has 1 amide bonds. The van der Waals surface area contributed by atoms with Gasteiger partial charge in [0.1, 0.15) is 11.5 Å². The van der Waals surface area contributed by atoms with E-state index in [1.165, 1.54) is 0 Å². The molecule has 1 aromatic heterocycles. The average Bonchev–Trinajstić information content (AvgIpc) is 3.19. The number of ether oxygens (including phenoxy) is 1. The summed E-state index contributed by atoms with van der Waals surface area (Å²) in [5.41, 5.74) is 0.660. The number of carbonyl (C=O) groups excluding carboxylic acids is 1. The summed E-state index contributed by atoms with van der Waals surface area (Å²) in [6, 6.07) is 1.88. The number of carbonyl (C=O) groups is 1. The van der Waals surface area contributed by atoms with Gasteiger partial charge in [0.2, 0.25) is 0 Å². The van der Waals surface area contributed by atoms with Crippen LogP contribution in [0.4, 0.5) is 0 Å². The van der Waals surface area contributed by atoms with Crippen LogP contribution >= 0.6 is 0 Å². The number of aliphatic hydroxyl groups is 1. The van der Waals surface area contributed by atoms with E-state index >= 15 is 0 Å². The van der Waals surface area contributed by atoms with Crippen molar-refractivity contribution in [3.05, 3.63) is 23.2 Å². The van der Waals surface area contributed by atoms with Crippen LogP contribution in [0.2, 0.25) is 0 Å². The van der Waals surface area contributed by atoms with Crippen LogP contribution in [0, 0.1) is 18.8 Å². The Morgan fingerprint density at radius 1 is 1.28 bits per heavy atom. The van der Waals surface area contributed by atoms with E-state index in [4.69, 9.17) is 9.15 Å². The van der Waals surface area contributed by atoms with Crippen molar-refractivity contribution < 1.29 is 19.1 Å². The molecule has 3 heterocycles. The maximum absolute atomic E-state index is 13.0. The van der Waals surface area contributed by atoms with E-state index in [1.54, 1.807) is 0 Å². The highest BCUT2D eigenvalue weighted by atomic mass is 16.5. The molecule has 1 aromatic rings. The molecular weight excluding hydrogens is 320 g/mol. The second-order valence-corrected chi connectivity index (χ2v) is 7.60. The van der Waals surface area contributed by atoms with Crippen LogP contribution in [0.1, 0.15) is 41.6 Å². The van der Waals surface area contributed by atoms with Gasteiger partial charge < -0.3 is 19.2 Å². The normalized spacial score (nSPS) is 25.1. The molecule has 3 rings (SSSR count). The molecule has 25 heavy (non-hydrogen) atoms. The van der Waals surface area contributed by atoms with E-state index in [9.17, 15) is 9.90 Å². The topological polar surface area (TPSA) is 66.2 Å². The molecule has 0 aromatic carbocycles. The molecule has 0 spiro atoms. The Morgan fingerprint density at radius 2 is 1.96 bits per heavy atom. The Kier molecular flexibility index (Phi) is 5.81. The number of likely N-dealkylation sites (tertiary alicyclic amines) is 1. The summed E-state index contributed by atoms with van der Waals surface area (Å²) in [6.45, 7) is 11.7. The summed E-state index contributed by atoms with van der Waals surface area (Å²) in [5, 5.41) is 9.77. The monoisotopic (exact) mass is 350 g/mol. The first-order chi connectivity index (χ1) is 12.0. The number of nitrogens with zero attached hydrogens (tertiary/aromatic N) is 2. The third kappa shape index (κ3) is 4.07. The van der Waals surface area contributed by atoms with Gasteiger partial charge in [-0.05, 0) is 18.9 Å². The molecule has 6 nitrogen and oxygen atoms in total. The molecule has 0 aliphatic carbocycles. The van der Waals surface area contributed by atoms with Crippen LogP contribution in [-0.4, -0.2) is 73.4 Å². The Morgan fingerprint density at radius 3 is 2.56 bits per heavy atom. The second-order valence-electron chi connectivity index (χ2n) is 7.60. The molecule has 2 fully saturated rings. The van der Waals surface area contributed by atoms with Gasteiger partial charge in [-0.1, -0.05) is 13.8 Å². The highest BCUT2D eigenvalue weighted by Gasteiger charge is 2.37. The van der Waals surface area contributed by atoms with E-state index in [1.807, 2.05) is 17.9 Å². The highest BCUT2D eigenvalue weighted by Crippen LogP contribution is 2.28. The van der Waals surface area contributed by atoms with Crippen LogP contribution in [0.25, 0.3) is 0 Å². The summed E-state index contributed by atoms with van der Waals surface area (Å²) < 4.78 is 11.1. The van der Waals surface area contributed by atoms with E-state index in [2.05, 4.69) is 18.7 Å². The fourth-order valence-corrected chi connectivity index (χ4v) is 3.81. The zero-order chi connectivity index (χ0) is 18.0. The summed E-state index contributed by atoms with van der Waals surface area (Å²) in [5.74, 6) is 2.27. The molecule has 6 heteroatoms.